The maximum atomic E-state index is 14.1. The maximum Gasteiger partial charge on any atom is 0.260 e. The van der Waals surface area contributed by atoms with Crippen LogP contribution in [-0.2, 0) is 9.59 Å². The molecule has 0 N–H and O–H groups in total. The van der Waals surface area contributed by atoms with Crippen molar-refractivity contribution in [1.82, 2.24) is 4.90 Å². The Morgan fingerprint density at radius 2 is 1.78 bits per heavy atom. The highest BCUT2D eigenvalue weighted by molar-refractivity contribution is 6.00. The second-order valence-corrected chi connectivity index (χ2v) is 7.12. The van der Waals surface area contributed by atoms with Crippen molar-refractivity contribution in [3.05, 3.63) is 30.3 Å². The number of carbonyl (C=O) groups excluding carboxylic acids is 2. The highest BCUT2D eigenvalue weighted by Gasteiger charge is 2.56. The zero-order chi connectivity index (χ0) is 16.1. The molecular formula is C18H21FN2O2. The minimum atomic E-state index is -1.64. The number of benzene rings is 1. The predicted molar refractivity (Wildman–Crippen MR) is 84.7 cm³/mol. The number of halogens is 1. The molecule has 4 nitrogen and oxygen atoms in total. The average molecular weight is 316 g/mol. The molecule has 1 saturated carbocycles. The Bertz CT molecular complexity index is 644. The van der Waals surface area contributed by atoms with E-state index in [4.69, 9.17) is 0 Å². The van der Waals surface area contributed by atoms with Gasteiger partial charge in [0.05, 0.1) is 5.41 Å². The van der Waals surface area contributed by atoms with E-state index in [0.29, 0.717) is 32.5 Å². The third kappa shape index (κ3) is 2.33. The van der Waals surface area contributed by atoms with Gasteiger partial charge in [-0.2, -0.15) is 0 Å². The fourth-order valence-electron chi connectivity index (χ4n) is 3.97. The van der Waals surface area contributed by atoms with Gasteiger partial charge in [-0.05, 0) is 44.2 Å². The van der Waals surface area contributed by atoms with Gasteiger partial charge < -0.3 is 9.80 Å². The van der Waals surface area contributed by atoms with E-state index in [1.54, 1.807) is 4.90 Å². The SMILES string of the molecule is O=C(N1CCC[C@@]2(CCN(c3ccccc3)C2=O)C1)C1(F)CC1. The highest BCUT2D eigenvalue weighted by Crippen LogP contribution is 2.46. The Kier molecular flexibility index (Phi) is 3.22. The summed E-state index contributed by atoms with van der Waals surface area (Å²) in [6.07, 6.45) is 2.97. The molecular weight excluding hydrogens is 295 g/mol. The number of hydrogen-bond acceptors (Lipinski definition) is 2. The third-order valence-corrected chi connectivity index (χ3v) is 5.52. The van der Waals surface area contributed by atoms with Crippen LogP contribution in [0.3, 0.4) is 0 Å². The largest absolute Gasteiger partial charge is 0.339 e. The summed E-state index contributed by atoms with van der Waals surface area (Å²) in [6, 6.07) is 9.64. The molecule has 0 unspecified atom stereocenters. The second-order valence-electron chi connectivity index (χ2n) is 7.12. The molecule has 4 rings (SSSR count). The number of amides is 2. The van der Waals surface area contributed by atoms with Gasteiger partial charge in [-0.3, -0.25) is 9.59 Å². The van der Waals surface area contributed by atoms with Gasteiger partial charge in [0.1, 0.15) is 0 Å². The van der Waals surface area contributed by atoms with Crippen LogP contribution in [0.15, 0.2) is 30.3 Å². The van der Waals surface area contributed by atoms with E-state index in [1.807, 2.05) is 35.2 Å². The van der Waals surface area contributed by atoms with Crippen LogP contribution in [0.25, 0.3) is 0 Å². The molecule has 3 fully saturated rings. The van der Waals surface area contributed by atoms with Crippen LogP contribution < -0.4 is 4.90 Å². The molecule has 23 heavy (non-hydrogen) atoms. The molecule has 1 spiro atoms. The predicted octanol–water partition coefficient (Wildman–Crippen LogP) is 2.53. The smallest absolute Gasteiger partial charge is 0.260 e. The Balaban J connectivity index is 1.54. The van der Waals surface area contributed by atoms with Gasteiger partial charge in [-0.1, -0.05) is 18.2 Å². The first-order valence-corrected chi connectivity index (χ1v) is 8.40. The molecule has 3 aliphatic rings. The Morgan fingerprint density at radius 1 is 1.04 bits per heavy atom. The number of alkyl halides is 1. The highest BCUT2D eigenvalue weighted by atomic mass is 19.1. The van der Waals surface area contributed by atoms with Crippen LogP contribution in [0.2, 0.25) is 0 Å². The van der Waals surface area contributed by atoms with Crippen molar-refractivity contribution in [2.45, 2.75) is 37.8 Å². The van der Waals surface area contributed by atoms with Gasteiger partial charge in [0.2, 0.25) is 5.91 Å². The minimum Gasteiger partial charge on any atom is -0.339 e. The lowest BCUT2D eigenvalue weighted by Gasteiger charge is -2.39. The van der Waals surface area contributed by atoms with Crippen molar-refractivity contribution in [2.75, 3.05) is 24.5 Å². The van der Waals surface area contributed by atoms with Crippen LogP contribution in [0.1, 0.15) is 32.1 Å². The monoisotopic (exact) mass is 316 g/mol. The molecule has 2 saturated heterocycles. The van der Waals surface area contributed by atoms with Crippen LogP contribution in [0.5, 0.6) is 0 Å². The fraction of sp³-hybridized carbons (Fsp3) is 0.556. The lowest BCUT2D eigenvalue weighted by atomic mass is 9.78. The van der Waals surface area contributed by atoms with E-state index in [1.165, 1.54) is 0 Å². The summed E-state index contributed by atoms with van der Waals surface area (Å²) in [5.74, 6) is -0.313. The molecule has 0 bridgehead atoms. The lowest BCUT2D eigenvalue weighted by Crippen LogP contribution is -2.52. The summed E-state index contributed by atoms with van der Waals surface area (Å²) >= 11 is 0. The summed E-state index contributed by atoms with van der Waals surface area (Å²) in [5, 5.41) is 0. The van der Waals surface area contributed by atoms with E-state index >= 15 is 0 Å². The van der Waals surface area contributed by atoms with Gasteiger partial charge in [-0.25, -0.2) is 4.39 Å². The number of para-hydroxylation sites is 1. The lowest BCUT2D eigenvalue weighted by molar-refractivity contribution is -0.144. The Morgan fingerprint density at radius 3 is 2.48 bits per heavy atom. The van der Waals surface area contributed by atoms with Crippen molar-refractivity contribution >= 4 is 17.5 Å². The number of anilines is 1. The maximum absolute atomic E-state index is 14.1. The van der Waals surface area contributed by atoms with Crippen molar-refractivity contribution < 1.29 is 14.0 Å². The number of rotatable bonds is 2. The van der Waals surface area contributed by atoms with Gasteiger partial charge in [0.15, 0.2) is 5.67 Å². The molecule has 1 aliphatic carbocycles. The molecule has 1 aromatic carbocycles. The summed E-state index contributed by atoms with van der Waals surface area (Å²) in [5.41, 5.74) is -1.25. The average Bonchev–Trinajstić information content (AvgIpc) is 3.27. The van der Waals surface area contributed by atoms with Crippen molar-refractivity contribution in [3.8, 4) is 0 Å². The Hall–Kier alpha value is -1.91. The van der Waals surface area contributed by atoms with Crippen LogP contribution >= 0.6 is 0 Å². The van der Waals surface area contributed by atoms with E-state index in [9.17, 15) is 14.0 Å². The normalized spacial score (nSPS) is 29.2. The zero-order valence-corrected chi connectivity index (χ0v) is 13.1. The quantitative estimate of drug-likeness (QED) is 0.841. The first-order valence-electron chi connectivity index (χ1n) is 8.40. The zero-order valence-electron chi connectivity index (χ0n) is 13.1. The molecule has 0 aromatic heterocycles. The molecule has 0 radical (unpaired) electrons. The molecule has 1 aromatic rings. The topological polar surface area (TPSA) is 40.6 Å². The second kappa shape index (κ2) is 5.05. The standard InChI is InChI=1S/C18H21FN2O2/c19-18(8-9-18)16(23)20-11-4-7-17(13-20)10-12-21(15(17)22)14-5-2-1-3-6-14/h1-3,5-6H,4,7-13H2/t17-/m1/s1. The van der Waals surface area contributed by atoms with Gasteiger partial charge in [0, 0.05) is 25.3 Å². The van der Waals surface area contributed by atoms with Crippen molar-refractivity contribution in [2.24, 2.45) is 5.41 Å². The van der Waals surface area contributed by atoms with Crippen LogP contribution in [0.4, 0.5) is 10.1 Å². The molecule has 5 heteroatoms. The molecule has 1 atom stereocenters. The number of nitrogens with zero attached hydrogens (tertiary/aromatic N) is 2. The third-order valence-electron chi connectivity index (χ3n) is 5.52. The van der Waals surface area contributed by atoms with Gasteiger partial charge in [-0.15, -0.1) is 0 Å². The summed E-state index contributed by atoms with van der Waals surface area (Å²) in [6.45, 7) is 1.62. The summed E-state index contributed by atoms with van der Waals surface area (Å²) in [4.78, 5) is 28.7. The summed E-state index contributed by atoms with van der Waals surface area (Å²) < 4.78 is 14.1. The first-order chi connectivity index (χ1) is 11.0. The molecule has 2 amide bonds. The van der Waals surface area contributed by atoms with E-state index < -0.39 is 17.0 Å². The number of likely N-dealkylation sites (tertiary alicyclic amines) is 1. The summed E-state index contributed by atoms with van der Waals surface area (Å²) in [7, 11) is 0. The van der Waals surface area contributed by atoms with Crippen molar-refractivity contribution in [1.29, 1.82) is 0 Å². The van der Waals surface area contributed by atoms with Gasteiger partial charge >= 0.3 is 0 Å². The molecule has 2 heterocycles. The number of hydrogen-bond donors (Lipinski definition) is 0. The van der Waals surface area contributed by atoms with Gasteiger partial charge in [0.25, 0.3) is 5.91 Å². The molecule has 122 valence electrons. The van der Waals surface area contributed by atoms with Crippen LogP contribution in [-0.4, -0.2) is 42.0 Å². The van der Waals surface area contributed by atoms with E-state index in [-0.39, 0.29) is 5.91 Å². The minimum absolute atomic E-state index is 0.0879. The Labute approximate surface area is 135 Å². The van der Waals surface area contributed by atoms with Crippen LogP contribution in [0, 0.1) is 5.41 Å². The van der Waals surface area contributed by atoms with Crippen molar-refractivity contribution in [3.63, 3.8) is 0 Å². The number of piperidine rings is 1. The first kappa shape index (κ1) is 14.7. The fourth-order valence-corrected chi connectivity index (χ4v) is 3.97. The molecule has 2 aliphatic heterocycles. The number of carbonyl (C=O) groups is 2. The van der Waals surface area contributed by atoms with E-state index in [0.717, 1.165) is 24.9 Å². The van der Waals surface area contributed by atoms with E-state index in [2.05, 4.69) is 0 Å².